The maximum atomic E-state index is 13.0. The molecule has 0 aromatic heterocycles. The SMILES string of the molecule is CC(C)(C)C1C(C(O)c2ccc(F)cc2)OCCN1C(=O)O. The van der Waals surface area contributed by atoms with Gasteiger partial charge in [0.1, 0.15) is 18.0 Å². The third-order valence-electron chi connectivity index (χ3n) is 3.95. The lowest BCUT2D eigenvalue weighted by molar-refractivity contribution is -0.140. The van der Waals surface area contributed by atoms with Crippen molar-refractivity contribution < 1.29 is 24.1 Å². The second-order valence-corrected chi connectivity index (χ2v) is 6.62. The molecule has 1 heterocycles. The van der Waals surface area contributed by atoms with Gasteiger partial charge in [-0.15, -0.1) is 0 Å². The van der Waals surface area contributed by atoms with E-state index in [0.717, 1.165) is 0 Å². The van der Waals surface area contributed by atoms with E-state index < -0.39 is 29.8 Å². The molecule has 3 atom stereocenters. The molecule has 6 heteroatoms. The molecule has 1 saturated heterocycles. The maximum Gasteiger partial charge on any atom is 0.407 e. The molecule has 1 aromatic rings. The lowest BCUT2D eigenvalue weighted by atomic mass is 9.79. The van der Waals surface area contributed by atoms with Crippen LogP contribution in [0.25, 0.3) is 0 Å². The second kappa shape index (κ2) is 6.22. The molecular weight excluding hydrogens is 289 g/mol. The minimum atomic E-state index is -1.03. The maximum absolute atomic E-state index is 13.0. The Labute approximate surface area is 129 Å². The third-order valence-corrected chi connectivity index (χ3v) is 3.95. The molecule has 2 N–H and O–H groups in total. The molecule has 1 fully saturated rings. The monoisotopic (exact) mass is 311 g/mol. The molecule has 0 spiro atoms. The number of rotatable bonds is 2. The van der Waals surface area contributed by atoms with E-state index in [1.807, 2.05) is 20.8 Å². The van der Waals surface area contributed by atoms with Crippen molar-refractivity contribution in [2.24, 2.45) is 5.41 Å². The van der Waals surface area contributed by atoms with Gasteiger partial charge in [0.2, 0.25) is 0 Å². The molecule has 122 valence electrons. The molecule has 1 aliphatic rings. The van der Waals surface area contributed by atoms with Crippen molar-refractivity contribution in [3.05, 3.63) is 35.6 Å². The zero-order valence-corrected chi connectivity index (χ0v) is 13.0. The first kappa shape index (κ1) is 16.7. The number of benzene rings is 1. The van der Waals surface area contributed by atoms with Crippen LogP contribution in [0.2, 0.25) is 0 Å². The van der Waals surface area contributed by atoms with E-state index in [1.165, 1.54) is 29.2 Å². The predicted octanol–water partition coefficient (Wildman–Crippen LogP) is 2.65. The van der Waals surface area contributed by atoms with Gasteiger partial charge in [0.15, 0.2) is 0 Å². The Hall–Kier alpha value is -1.66. The Morgan fingerprint density at radius 3 is 2.45 bits per heavy atom. The number of nitrogens with zero attached hydrogens (tertiary/aromatic N) is 1. The van der Waals surface area contributed by atoms with E-state index in [0.29, 0.717) is 5.56 Å². The lowest BCUT2D eigenvalue weighted by Crippen LogP contribution is -2.60. The first-order valence-corrected chi connectivity index (χ1v) is 7.26. The molecule has 22 heavy (non-hydrogen) atoms. The van der Waals surface area contributed by atoms with Crippen molar-refractivity contribution in [1.29, 1.82) is 0 Å². The van der Waals surface area contributed by atoms with Crippen LogP contribution in [0.5, 0.6) is 0 Å². The summed E-state index contributed by atoms with van der Waals surface area (Å²) in [5.41, 5.74) is 0.0951. The van der Waals surface area contributed by atoms with Crippen LogP contribution in [0.1, 0.15) is 32.4 Å². The Balaban J connectivity index is 2.33. The fourth-order valence-corrected chi connectivity index (χ4v) is 2.98. The van der Waals surface area contributed by atoms with Gasteiger partial charge in [-0.1, -0.05) is 32.9 Å². The number of ether oxygens (including phenoxy) is 1. The van der Waals surface area contributed by atoms with Gasteiger partial charge in [0.05, 0.1) is 12.6 Å². The number of carboxylic acid groups (broad SMARTS) is 1. The highest BCUT2D eigenvalue weighted by Crippen LogP contribution is 2.36. The van der Waals surface area contributed by atoms with Crippen molar-refractivity contribution in [3.8, 4) is 0 Å². The fourth-order valence-electron chi connectivity index (χ4n) is 2.98. The summed E-state index contributed by atoms with van der Waals surface area (Å²) in [5.74, 6) is -0.389. The first-order valence-electron chi connectivity index (χ1n) is 7.26. The molecule has 5 nitrogen and oxygen atoms in total. The molecule has 0 aliphatic carbocycles. The molecule has 1 aliphatic heterocycles. The van der Waals surface area contributed by atoms with Crippen LogP contribution in [0.4, 0.5) is 9.18 Å². The van der Waals surface area contributed by atoms with Crippen molar-refractivity contribution in [2.45, 2.75) is 39.0 Å². The summed E-state index contributed by atoms with van der Waals surface area (Å²) < 4.78 is 18.7. The topological polar surface area (TPSA) is 70.0 Å². The number of halogens is 1. The molecule has 0 radical (unpaired) electrons. The van der Waals surface area contributed by atoms with Crippen molar-refractivity contribution in [3.63, 3.8) is 0 Å². The van der Waals surface area contributed by atoms with Crippen LogP contribution in [-0.4, -0.2) is 46.5 Å². The smallest absolute Gasteiger partial charge is 0.407 e. The second-order valence-electron chi connectivity index (χ2n) is 6.62. The largest absolute Gasteiger partial charge is 0.465 e. The van der Waals surface area contributed by atoms with Crippen LogP contribution >= 0.6 is 0 Å². The number of morpholine rings is 1. The molecule has 1 amide bonds. The number of carbonyl (C=O) groups is 1. The highest BCUT2D eigenvalue weighted by atomic mass is 19.1. The minimum absolute atomic E-state index is 0.224. The zero-order chi connectivity index (χ0) is 16.5. The fraction of sp³-hybridized carbons (Fsp3) is 0.562. The summed E-state index contributed by atoms with van der Waals surface area (Å²) in [6.07, 6.45) is -2.75. The van der Waals surface area contributed by atoms with Crippen LogP contribution < -0.4 is 0 Å². The van der Waals surface area contributed by atoms with Gasteiger partial charge in [0, 0.05) is 6.54 Å². The van der Waals surface area contributed by atoms with Crippen molar-refractivity contribution in [2.75, 3.05) is 13.2 Å². The van der Waals surface area contributed by atoms with E-state index in [2.05, 4.69) is 0 Å². The van der Waals surface area contributed by atoms with Crippen LogP contribution in [0.3, 0.4) is 0 Å². The van der Waals surface area contributed by atoms with Gasteiger partial charge in [-0.3, -0.25) is 4.90 Å². The quantitative estimate of drug-likeness (QED) is 0.881. The van der Waals surface area contributed by atoms with E-state index in [-0.39, 0.29) is 19.0 Å². The normalized spacial score (nSPS) is 24.1. The average Bonchev–Trinajstić information content (AvgIpc) is 2.45. The average molecular weight is 311 g/mol. The summed E-state index contributed by atoms with van der Waals surface area (Å²) in [6.45, 7) is 6.22. The molecule has 2 rings (SSSR count). The van der Waals surface area contributed by atoms with Gasteiger partial charge in [-0.05, 0) is 23.1 Å². The van der Waals surface area contributed by atoms with Crippen LogP contribution in [0.15, 0.2) is 24.3 Å². The molecule has 1 aromatic carbocycles. The summed E-state index contributed by atoms with van der Waals surface area (Å²) in [6, 6.07) is 5.01. The Morgan fingerprint density at radius 1 is 1.36 bits per heavy atom. The van der Waals surface area contributed by atoms with Gasteiger partial charge in [-0.2, -0.15) is 0 Å². The number of amides is 1. The van der Waals surface area contributed by atoms with Crippen LogP contribution in [0, 0.1) is 11.2 Å². The Morgan fingerprint density at radius 2 is 1.95 bits per heavy atom. The summed E-state index contributed by atoms with van der Waals surface area (Å²) in [7, 11) is 0. The molecule has 3 unspecified atom stereocenters. The summed E-state index contributed by atoms with van der Waals surface area (Å²) in [4.78, 5) is 12.8. The highest BCUT2D eigenvalue weighted by molar-refractivity contribution is 5.66. The number of aliphatic hydroxyl groups excluding tert-OH is 1. The van der Waals surface area contributed by atoms with E-state index in [1.54, 1.807) is 0 Å². The standard InChI is InChI=1S/C16H22FNO4/c1-16(2,3)14-13(22-9-8-18(14)15(20)21)12(19)10-4-6-11(17)7-5-10/h4-7,12-14,19H,8-9H2,1-3H3,(H,20,21). The Kier molecular flexibility index (Phi) is 4.72. The van der Waals surface area contributed by atoms with E-state index in [4.69, 9.17) is 4.74 Å². The summed E-state index contributed by atoms with van der Waals surface area (Å²) >= 11 is 0. The number of hydrogen-bond donors (Lipinski definition) is 2. The molecule has 0 saturated carbocycles. The van der Waals surface area contributed by atoms with Gasteiger partial charge in [-0.25, -0.2) is 9.18 Å². The number of hydrogen-bond acceptors (Lipinski definition) is 3. The van der Waals surface area contributed by atoms with Gasteiger partial charge >= 0.3 is 6.09 Å². The van der Waals surface area contributed by atoms with Crippen LogP contribution in [-0.2, 0) is 4.74 Å². The zero-order valence-electron chi connectivity index (χ0n) is 13.0. The van der Waals surface area contributed by atoms with Gasteiger partial charge < -0.3 is 14.9 Å². The van der Waals surface area contributed by atoms with E-state index >= 15 is 0 Å². The molecule has 0 bridgehead atoms. The minimum Gasteiger partial charge on any atom is -0.465 e. The third kappa shape index (κ3) is 3.39. The highest BCUT2D eigenvalue weighted by Gasteiger charge is 2.45. The Bertz CT molecular complexity index is 526. The molecular formula is C16H22FNO4. The predicted molar refractivity (Wildman–Crippen MR) is 79.1 cm³/mol. The lowest BCUT2D eigenvalue weighted by Gasteiger charge is -2.47. The van der Waals surface area contributed by atoms with E-state index in [9.17, 15) is 19.4 Å². The van der Waals surface area contributed by atoms with Crippen molar-refractivity contribution >= 4 is 6.09 Å². The van der Waals surface area contributed by atoms with Gasteiger partial charge in [0.25, 0.3) is 0 Å². The first-order chi connectivity index (χ1) is 10.2. The van der Waals surface area contributed by atoms with Crippen molar-refractivity contribution in [1.82, 2.24) is 4.90 Å². The number of aliphatic hydroxyl groups is 1. The summed E-state index contributed by atoms with van der Waals surface area (Å²) in [5, 5.41) is 20.0.